The number of aromatic amines is 1. The standard InChI is InChI=1S/C16H16N2O3/c19-10-13-6-14(8-17-16(13)21)18-9-12(7-15(18)20)11-4-2-1-3-5-11/h1-6,8,12,19H,7,9-10H2,(H,17,21). The first kappa shape index (κ1) is 13.6. The summed E-state index contributed by atoms with van der Waals surface area (Å²) in [6, 6.07) is 11.5. The number of hydrogen-bond donors (Lipinski definition) is 2. The summed E-state index contributed by atoms with van der Waals surface area (Å²) >= 11 is 0. The number of nitrogens with one attached hydrogen (secondary N) is 1. The summed E-state index contributed by atoms with van der Waals surface area (Å²) in [5, 5.41) is 9.16. The van der Waals surface area contributed by atoms with E-state index in [4.69, 9.17) is 5.11 Å². The first-order valence-electron chi connectivity index (χ1n) is 6.87. The predicted octanol–water partition coefficient (Wildman–Crippen LogP) is 1.39. The maximum absolute atomic E-state index is 12.2. The van der Waals surface area contributed by atoms with Crippen LogP contribution in [-0.4, -0.2) is 22.5 Å². The third kappa shape index (κ3) is 2.60. The lowest BCUT2D eigenvalue weighted by Crippen LogP contribution is -2.26. The van der Waals surface area contributed by atoms with E-state index in [1.165, 1.54) is 6.20 Å². The van der Waals surface area contributed by atoms with E-state index in [1.54, 1.807) is 11.0 Å². The molecule has 21 heavy (non-hydrogen) atoms. The second-order valence-electron chi connectivity index (χ2n) is 5.19. The molecule has 1 aliphatic rings. The maximum atomic E-state index is 12.2. The number of pyridine rings is 1. The highest BCUT2D eigenvalue weighted by atomic mass is 16.3. The quantitative estimate of drug-likeness (QED) is 0.894. The van der Waals surface area contributed by atoms with Crippen LogP contribution in [0.2, 0.25) is 0 Å². The van der Waals surface area contributed by atoms with Crippen molar-refractivity contribution in [3.63, 3.8) is 0 Å². The van der Waals surface area contributed by atoms with E-state index in [0.29, 0.717) is 18.7 Å². The number of nitrogens with zero attached hydrogens (tertiary/aromatic N) is 1. The first-order chi connectivity index (χ1) is 10.2. The fourth-order valence-electron chi connectivity index (χ4n) is 2.70. The van der Waals surface area contributed by atoms with E-state index in [2.05, 4.69) is 4.98 Å². The Labute approximate surface area is 121 Å². The highest BCUT2D eigenvalue weighted by Gasteiger charge is 2.31. The molecule has 1 saturated heterocycles. The van der Waals surface area contributed by atoms with Gasteiger partial charge in [-0.15, -0.1) is 0 Å². The number of rotatable bonds is 3. The Kier molecular flexibility index (Phi) is 3.58. The minimum absolute atomic E-state index is 0.0276. The summed E-state index contributed by atoms with van der Waals surface area (Å²) in [4.78, 5) is 27.9. The Morgan fingerprint density at radius 2 is 2.00 bits per heavy atom. The number of aliphatic hydroxyl groups excluding tert-OH is 1. The van der Waals surface area contributed by atoms with Crippen molar-refractivity contribution in [1.82, 2.24) is 4.98 Å². The van der Waals surface area contributed by atoms with Crippen molar-refractivity contribution in [3.05, 3.63) is 64.1 Å². The SMILES string of the molecule is O=C1CC(c2ccccc2)CN1c1c[nH]c(=O)c(CO)c1. The minimum atomic E-state index is -0.340. The molecule has 1 aliphatic heterocycles. The van der Waals surface area contributed by atoms with Crippen LogP contribution in [0.15, 0.2) is 47.4 Å². The molecular formula is C16H16N2O3. The topological polar surface area (TPSA) is 73.4 Å². The summed E-state index contributed by atoms with van der Waals surface area (Å²) < 4.78 is 0. The average Bonchev–Trinajstić information content (AvgIpc) is 2.91. The second kappa shape index (κ2) is 5.54. The third-order valence-electron chi connectivity index (χ3n) is 3.84. The van der Waals surface area contributed by atoms with Gasteiger partial charge in [0, 0.05) is 30.6 Å². The monoisotopic (exact) mass is 284 g/mol. The van der Waals surface area contributed by atoms with Crippen molar-refractivity contribution >= 4 is 11.6 Å². The predicted molar refractivity (Wildman–Crippen MR) is 79.1 cm³/mol. The van der Waals surface area contributed by atoms with Crippen molar-refractivity contribution < 1.29 is 9.90 Å². The van der Waals surface area contributed by atoms with Gasteiger partial charge in [-0.05, 0) is 11.6 Å². The van der Waals surface area contributed by atoms with Gasteiger partial charge in [0.25, 0.3) is 5.56 Å². The van der Waals surface area contributed by atoms with Gasteiger partial charge in [-0.2, -0.15) is 0 Å². The molecule has 0 radical (unpaired) electrons. The van der Waals surface area contributed by atoms with Gasteiger partial charge in [-0.25, -0.2) is 0 Å². The van der Waals surface area contributed by atoms with E-state index in [-0.39, 0.29) is 29.6 Å². The summed E-state index contributed by atoms with van der Waals surface area (Å²) in [7, 11) is 0. The smallest absolute Gasteiger partial charge is 0.253 e. The van der Waals surface area contributed by atoms with Gasteiger partial charge >= 0.3 is 0 Å². The molecule has 1 atom stereocenters. The van der Waals surface area contributed by atoms with Crippen LogP contribution in [0, 0.1) is 0 Å². The Balaban J connectivity index is 1.87. The molecule has 1 aromatic heterocycles. The van der Waals surface area contributed by atoms with Crippen molar-refractivity contribution in [3.8, 4) is 0 Å². The lowest BCUT2D eigenvalue weighted by Gasteiger charge is -2.17. The van der Waals surface area contributed by atoms with Gasteiger partial charge in [0.2, 0.25) is 5.91 Å². The van der Waals surface area contributed by atoms with Gasteiger partial charge in [-0.1, -0.05) is 30.3 Å². The Morgan fingerprint density at radius 1 is 1.24 bits per heavy atom. The zero-order valence-corrected chi connectivity index (χ0v) is 11.5. The van der Waals surface area contributed by atoms with Gasteiger partial charge in [0.1, 0.15) is 0 Å². The molecule has 1 amide bonds. The average molecular weight is 284 g/mol. The molecule has 0 spiro atoms. The minimum Gasteiger partial charge on any atom is -0.391 e. The van der Waals surface area contributed by atoms with Crippen LogP contribution in [-0.2, 0) is 11.4 Å². The highest BCUT2D eigenvalue weighted by molar-refractivity contribution is 5.96. The molecule has 1 unspecified atom stereocenters. The van der Waals surface area contributed by atoms with Crippen LogP contribution in [0.5, 0.6) is 0 Å². The lowest BCUT2D eigenvalue weighted by atomic mass is 9.99. The van der Waals surface area contributed by atoms with Crippen LogP contribution < -0.4 is 10.5 Å². The summed E-state index contributed by atoms with van der Waals surface area (Å²) in [5.74, 6) is 0.183. The molecule has 3 rings (SSSR count). The van der Waals surface area contributed by atoms with Crippen molar-refractivity contribution in [2.45, 2.75) is 18.9 Å². The fourth-order valence-corrected chi connectivity index (χ4v) is 2.70. The number of amides is 1. The molecule has 108 valence electrons. The molecule has 0 bridgehead atoms. The molecule has 5 heteroatoms. The largest absolute Gasteiger partial charge is 0.391 e. The van der Waals surface area contributed by atoms with Gasteiger partial charge < -0.3 is 15.0 Å². The van der Waals surface area contributed by atoms with Crippen molar-refractivity contribution in [2.75, 3.05) is 11.4 Å². The zero-order valence-electron chi connectivity index (χ0n) is 11.5. The summed E-state index contributed by atoms with van der Waals surface area (Å²) in [6.07, 6.45) is 1.98. The van der Waals surface area contributed by atoms with Crippen molar-refractivity contribution in [1.29, 1.82) is 0 Å². The molecular weight excluding hydrogens is 268 g/mol. The first-order valence-corrected chi connectivity index (χ1v) is 6.87. The van der Waals surface area contributed by atoms with E-state index >= 15 is 0 Å². The molecule has 5 nitrogen and oxygen atoms in total. The van der Waals surface area contributed by atoms with Gasteiger partial charge in [0.15, 0.2) is 0 Å². The molecule has 2 aromatic rings. The van der Waals surface area contributed by atoms with E-state index in [0.717, 1.165) is 5.56 Å². The normalized spacial score (nSPS) is 18.2. The number of carbonyl (C=O) groups is 1. The van der Waals surface area contributed by atoms with Crippen LogP contribution in [0.4, 0.5) is 5.69 Å². The van der Waals surface area contributed by atoms with Crippen LogP contribution >= 0.6 is 0 Å². The molecule has 1 fully saturated rings. The number of benzene rings is 1. The summed E-state index contributed by atoms with van der Waals surface area (Å²) in [5.41, 5.74) is 1.71. The number of carbonyl (C=O) groups excluding carboxylic acids is 1. The number of anilines is 1. The Bertz CT molecular complexity index is 709. The van der Waals surface area contributed by atoms with E-state index in [9.17, 15) is 9.59 Å². The van der Waals surface area contributed by atoms with Gasteiger partial charge in [0.05, 0.1) is 12.3 Å². The Hall–Kier alpha value is -2.40. The lowest BCUT2D eigenvalue weighted by molar-refractivity contribution is -0.117. The molecule has 1 aromatic carbocycles. The third-order valence-corrected chi connectivity index (χ3v) is 3.84. The van der Waals surface area contributed by atoms with Crippen LogP contribution in [0.25, 0.3) is 0 Å². The van der Waals surface area contributed by atoms with E-state index in [1.807, 2.05) is 30.3 Å². The number of aliphatic hydroxyl groups is 1. The number of hydrogen-bond acceptors (Lipinski definition) is 3. The maximum Gasteiger partial charge on any atom is 0.253 e. The number of aromatic nitrogens is 1. The molecule has 2 N–H and O–H groups in total. The molecule has 2 heterocycles. The van der Waals surface area contributed by atoms with Crippen LogP contribution in [0.1, 0.15) is 23.5 Å². The summed E-state index contributed by atoms with van der Waals surface area (Å²) in [6.45, 7) is 0.243. The zero-order chi connectivity index (χ0) is 14.8. The molecule has 0 aliphatic carbocycles. The van der Waals surface area contributed by atoms with Crippen molar-refractivity contribution in [2.24, 2.45) is 0 Å². The van der Waals surface area contributed by atoms with E-state index < -0.39 is 0 Å². The second-order valence-corrected chi connectivity index (χ2v) is 5.19. The number of H-pyrrole nitrogens is 1. The van der Waals surface area contributed by atoms with Gasteiger partial charge in [-0.3, -0.25) is 9.59 Å². The fraction of sp³-hybridized carbons (Fsp3) is 0.250. The van der Waals surface area contributed by atoms with Crippen LogP contribution in [0.3, 0.4) is 0 Å². The molecule has 0 saturated carbocycles. The Morgan fingerprint density at radius 3 is 2.71 bits per heavy atom. The highest BCUT2D eigenvalue weighted by Crippen LogP contribution is 2.31.